The van der Waals surface area contributed by atoms with Crippen molar-refractivity contribution in [3.63, 3.8) is 0 Å². The molecule has 8 nitrogen and oxygen atoms in total. The Morgan fingerprint density at radius 2 is 2.03 bits per heavy atom. The molecule has 1 saturated heterocycles. The second-order valence-electron chi connectivity index (χ2n) is 8.15. The number of piperidine rings is 1. The molecule has 2 unspecified atom stereocenters. The normalized spacial score (nSPS) is 21.3. The van der Waals surface area contributed by atoms with E-state index in [1.165, 1.54) is 22.9 Å². The van der Waals surface area contributed by atoms with Crippen LogP contribution in [0.3, 0.4) is 0 Å². The highest BCUT2D eigenvalue weighted by atomic mass is 35.5. The molecule has 1 saturated carbocycles. The summed E-state index contributed by atoms with van der Waals surface area (Å²) in [6.07, 6.45) is 2.56. The Labute approximate surface area is 188 Å². The molecule has 0 aromatic carbocycles. The quantitative estimate of drug-likeness (QED) is 0.595. The fraction of sp³-hybridized carbons (Fsp3) is 0.318. The molecule has 0 bridgehead atoms. The number of fused-ring (bicyclic) bond motifs is 1. The van der Waals surface area contributed by atoms with Crippen LogP contribution in [0.4, 0.5) is 10.3 Å². The molecule has 3 aromatic heterocycles. The van der Waals surface area contributed by atoms with Crippen LogP contribution < -0.4 is 10.9 Å². The lowest BCUT2D eigenvalue weighted by Crippen LogP contribution is -2.33. The van der Waals surface area contributed by atoms with Crippen molar-refractivity contribution in [3.05, 3.63) is 69.7 Å². The van der Waals surface area contributed by atoms with Crippen molar-refractivity contribution in [2.75, 3.05) is 25.0 Å². The number of nitrogens with one attached hydrogen (secondary N) is 1. The highest BCUT2D eigenvalue weighted by Gasteiger charge is 2.56. The van der Waals surface area contributed by atoms with Gasteiger partial charge in [0.25, 0.3) is 11.5 Å². The predicted molar refractivity (Wildman–Crippen MR) is 117 cm³/mol. The van der Waals surface area contributed by atoms with Gasteiger partial charge in [0.1, 0.15) is 10.8 Å². The minimum Gasteiger partial charge on any atom is -0.355 e. The number of carbonyl (C=O) groups excluding carboxylic acids is 1. The van der Waals surface area contributed by atoms with Crippen molar-refractivity contribution in [1.29, 1.82) is 0 Å². The van der Waals surface area contributed by atoms with Gasteiger partial charge in [-0.1, -0.05) is 17.7 Å². The fourth-order valence-corrected chi connectivity index (χ4v) is 4.60. The molecule has 32 heavy (non-hydrogen) atoms. The summed E-state index contributed by atoms with van der Waals surface area (Å²) in [5.74, 6) is 0.902. The number of carbonyl (C=O) groups is 1. The van der Waals surface area contributed by atoms with Gasteiger partial charge in [0.05, 0.1) is 11.9 Å². The van der Waals surface area contributed by atoms with E-state index >= 15 is 0 Å². The third-order valence-electron chi connectivity index (χ3n) is 6.27. The summed E-state index contributed by atoms with van der Waals surface area (Å²) in [6, 6.07) is 7.83. The topological polar surface area (TPSA) is 93.0 Å². The summed E-state index contributed by atoms with van der Waals surface area (Å²) in [4.78, 5) is 39.1. The lowest BCUT2D eigenvalue weighted by atomic mass is 10.2. The van der Waals surface area contributed by atoms with E-state index in [2.05, 4.69) is 20.3 Å². The number of rotatable bonds is 5. The average Bonchev–Trinajstić information content (AvgIpc) is 3.22. The van der Waals surface area contributed by atoms with E-state index in [1.54, 1.807) is 25.2 Å². The van der Waals surface area contributed by atoms with Crippen molar-refractivity contribution in [2.24, 2.45) is 24.8 Å². The molecule has 1 aliphatic carbocycles. The zero-order chi connectivity index (χ0) is 22.4. The number of halogens is 2. The maximum absolute atomic E-state index is 14.1. The summed E-state index contributed by atoms with van der Waals surface area (Å²) < 4.78 is 15.5. The van der Waals surface area contributed by atoms with Crippen LogP contribution in [0.5, 0.6) is 0 Å². The Morgan fingerprint density at radius 3 is 2.75 bits per heavy atom. The molecule has 1 amide bonds. The lowest BCUT2D eigenvalue weighted by Gasteiger charge is -2.20. The van der Waals surface area contributed by atoms with E-state index in [0.29, 0.717) is 54.2 Å². The molecule has 0 spiro atoms. The molecule has 0 radical (unpaired) electrons. The van der Waals surface area contributed by atoms with Crippen molar-refractivity contribution < 1.29 is 9.18 Å². The first-order chi connectivity index (χ1) is 15.4. The van der Waals surface area contributed by atoms with Crippen LogP contribution in [-0.2, 0) is 7.05 Å². The highest BCUT2D eigenvalue weighted by Crippen LogP contribution is 2.51. The number of nitrogens with zero attached hydrogens (tertiary/aromatic N) is 5. The van der Waals surface area contributed by atoms with Gasteiger partial charge in [-0.05, 0) is 36.0 Å². The van der Waals surface area contributed by atoms with E-state index < -0.39 is 5.82 Å². The lowest BCUT2D eigenvalue weighted by molar-refractivity contribution is 0.0763. The average molecular weight is 455 g/mol. The van der Waals surface area contributed by atoms with Gasteiger partial charge in [0.15, 0.2) is 5.82 Å². The number of hydrogen-bond acceptors (Lipinski definition) is 6. The number of hydrogen-bond donors (Lipinski definition) is 1. The third-order valence-corrected chi connectivity index (χ3v) is 6.48. The standard InChI is InChI=1S/C22H20ClFN6O2/c1-29-20(31)7-18(12-5-6-25-9-16(12)24)28-22(29)26-8-13-14-10-30(11-15(13)14)21(32)17-3-2-4-19(23)27-17/h2-7,9,13-15H,8,10-11H2,1H3,(H,26,28). The van der Waals surface area contributed by atoms with Gasteiger partial charge in [-0.15, -0.1) is 0 Å². The molecule has 164 valence electrons. The molecule has 4 heterocycles. The summed E-state index contributed by atoms with van der Waals surface area (Å²) >= 11 is 5.89. The summed E-state index contributed by atoms with van der Waals surface area (Å²) in [5.41, 5.74) is 0.563. The van der Waals surface area contributed by atoms with Gasteiger partial charge >= 0.3 is 0 Å². The van der Waals surface area contributed by atoms with E-state index in [4.69, 9.17) is 11.6 Å². The summed E-state index contributed by atoms with van der Waals surface area (Å²) in [5, 5.41) is 3.54. The highest BCUT2D eigenvalue weighted by molar-refractivity contribution is 6.29. The molecule has 2 atom stereocenters. The summed E-state index contributed by atoms with van der Waals surface area (Å²) in [7, 11) is 1.62. The Hall–Kier alpha value is -3.33. The van der Waals surface area contributed by atoms with Crippen LogP contribution in [0.2, 0.25) is 5.15 Å². The van der Waals surface area contributed by atoms with Crippen molar-refractivity contribution >= 4 is 23.5 Å². The molecule has 10 heteroatoms. The number of anilines is 1. The predicted octanol–water partition coefficient (Wildman–Crippen LogP) is 2.46. The van der Waals surface area contributed by atoms with Crippen LogP contribution in [0.1, 0.15) is 10.5 Å². The van der Waals surface area contributed by atoms with Crippen LogP contribution >= 0.6 is 11.6 Å². The molecule has 3 aromatic rings. The maximum Gasteiger partial charge on any atom is 0.272 e. The zero-order valence-electron chi connectivity index (χ0n) is 17.2. The van der Waals surface area contributed by atoms with Crippen LogP contribution in [0.25, 0.3) is 11.3 Å². The van der Waals surface area contributed by atoms with E-state index in [0.717, 1.165) is 6.20 Å². The third kappa shape index (κ3) is 3.73. The molecule has 1 N–H and O–H groups in total. The van der Waals surface area contributed by atoms with Gasteiger partial charge in [-0.25, -0.2) is 14.4 Å². The monoisotopic (exact) mass is 454 g/mol. The van der Waals surface area contributed by atoms with Crippen molar-refractivity contribution in [1.82, 2.24) is 24.4 Å². The van der Waals surface area contributed by atoms with Crippen molar-refractivity contribution in [2.45, 2.75) is 0 Å². The van der Waals surface area contributed by atoms with Gasteiger partial charge in [0.2, 0.25) is 5.95 Å². The largest absolute Gasteiger partial charge is 0.355 e. The van der Waals surface area contributed by atoms with Crippen LogP contribution in [0.15, 0.2) is 47.5 Å². The van der Waals surface area contributed by atoms with E-state index in [9.17, 15) is 14.0 Å². The molecular weight excluding hydrogens is 435 g/mol. The van der Waals surface area contributed by atoms with Crippen LogP contribution in [-0.4, -0.2) is 50.0 Å². The minimum atomic E-state index is -0.533. The van der Waals surface area contributed by atoms with Crippen molar-refractivity contribution in [3.8, 4) is 11.3 Å². The SMILES string of the molecule is Cn1c(NCC2C3CN(C(=O)c4cccc(Cl)n4)CC23)nc(-c2ccncc2F)cc1=O. The number of likely N-dealkylation sites (tertiary alicyclic amines) is 1. The molecule has 1 aliphatic heterocycles. The fourth-order valence-electron chi connectivity index (χ4n) is 4.44. The molecule has 5 rings (SSSR count). The number of amides is 1. The summed E-state index contributed by atoms with van der Waals surface area (Å²) in [6.45, 7) is 1.95. The first-order valence-electron chi connectivity index (χ1n) is 10.3. The minimum absolute atomic E-state index is 0.109. The number of pyridine rings is 2. The molecule has 2 fully saturated rings. The second-order valence-corrected chi connectivity index (χ2v) is 8.53. The van der Waals surface area contributed by atoms with Gasteiger partial charge < -0.3 is 10.2 Å². The Balaban J connectivity index is 1.23. The molecule has 2 aliphatic rings. The second kappa shape index (κ2) is 7.98. The smallest absolute Gasteiger partial charge is 0.272 e. The van der Waals surface area contributed by atoms with Gasteiger partial charge in [0, 0.05) is 44.5 Å². The Kier molecular flexibility index (Phi) is 5.13. The van der Waals surface area contributed by atoms with Gasteiger partial charge in [-0.3, -0.25) is 19.1 Å². The molecular formula is C22H20ClFN6O2. The maximum atomic E-state index is 14.1. The number of aromatic nitrogens is 4. The van der Waals surface area contributed by atoms with E-state index in [1.807, 2.05) is 4.90 Å². The zero-order valence-corrected chi connectivity index (χ0v) is 18.0. The Morgan fingerprint density at radius 1 is 1.25 bits per heavy atom. The van der Waals surface area contributed by atoms with E-state index in [-0.39, 0.29) is 22.7 Å². The van der Waals surface area contributed by atoms with Crippen LogP contribution in [0, 0.1) is 23.6 Å². The Bertz CT molecular complexity index is 1250. The van der Waals surface area contributed by atoms with Gasteiger partial charge in [-0.2, -0.15) is 0 Å². The first kappa shape index (κ1) is 20.6. The first-order valence-corrected chi connectivity index (χ1v) is 10.6.